The lowest BCUT2D eigenvalue weighted by molar-refractivity contribution is 0.0844. The van der Waals surface area contributed by atoms with Gasteiger partial charge in [0.1, 0.15) is 5.65 Å². The van der Waals surface area contributed by atoms with E-state index in [0.29, 0.717) is 42.9 Å². The molecule has 1 aliphatic carbocycles. The minimum atomic E-state index is -3.76. The molecule has 0 unspecified atom stereocenters. The van der Waals surface area contributed by atoms with Crippen LogP contribution >= 0.6 is 0 Å². The quantitative estimate of drug-likeness (QED) is 0.525. The van der Waals surface area contributed by atoms with Crippen molar-refractivity contribution < 1.29 is 18.3 Å². The van der Waals surface area contributed by atoms with Gasteiger partial charge in [-0.3, -0.25) is 9.36 Å². The Balaban J connectivity index is 1.58. The van der Waals surface area contributed by atoms with Crippen LogP contribution in [-0.2, 0) is 21.8 Å². The number of allylic oxidation sites excluding steroid dienone is 4. The monoisotopic (exact) mass is 512 g/mol. The molecular weight excluding hydrogens is 480 g/mol. The van der Waals surface area contributed by atoms with Gasteiger partial charge in [0, 0.05) is 32.2 Å². The third kappa shape index (κ3) is 4.54. The number of hydrogen-bond acceptors (Lipinski definition) is 6. The van der Waals surface area contributed by atoms with Crippen molar-refractivity contribution in [2.75, 3.05) is 19.8 Å². The third-order valence-corrected chi connectivity index (χ3v) is 8.84. The Kier molecular flexibility index (Phi) is 6.40. The number of aliphatic hydroxyl groups excluding tert-OH is 1. The van der Waals surface area contributed by atoms with Crippen LogP contribution < -0.4 is 10.3 Å². The molecule has 36 heavy (non-hydrogen) atoms. The second-order valence-electron chi connectivity index (χ2n) is 10.3. The van der Waals surface area contributed by atoms with E-state index in [1.54, 1.807) is 37.6 Å². The predicted octanol–water partition coefficient (Wildman–Crippen LogP) is 2.83. The van der Waals surface area contributed by atoms with E-state index in [2.05, 4.69) is 4.72 Å². The minimum Gasteiger partial charge on any atom is -0.394 e. The van der Waals surface area contributed by atoms with Gasteiger partial charge in [0.05, 0.1) is 33.6 Å². The van der Waals surface area contributed by atoms with Crippen LogP contribution in [0.3, 0.4) is 0 Å². The van der Waals surface area contributed by atoms with E-state index in [4.69, 9.17) is 9.84 Å². The summed E-state index contributed by atoms with van der Waals surface area (Å²) in [5, 5.41) is 14.9. The summed E-state index contributed by atoms with van der Waals surface area (Å²) in [6.07, 6.45) is 6.43. The number of nitrogens with zero attached hydrogens (tertiary/aromatic N) is 3. The standard InChI is InChI=1S/C26H32N4O5S/c1-26(2,16-31)28-36(33,34)20-6-4-5-18(13-20)19-7-8-21-23(14-19)30-24(29(3)25(21)32)15-22(27-30)17-9-11-35-12-10-17/h5,7-8,13-15,17,28,31H,4,6,9-12,16H2,1-3H3. The Hall–Kier alpha value is -2.79. The summed E-state index contributed by atoms with van der Waals surface area (Å²) in [6.45, 7) is 4.38. The zero-order valence-corrected chi connectivity index (χ0v) is 21.6. The molecule has 0 atom stereocenters. The summed E-state index contributed by atoms with van der Waals surface area (Å²) in [5.74, 6) is 0.291. The topological polar surface area (TPSA) is 115 Å². The van der Waals surface area contributed by atoms with Gasteiger partial charge in [-0.15, -0.1) is 0 Å². The second-order valence-corrected chi connectivity index (χ2v) is 12.0. The molecule has 0 bridgehead atoms. The summed E-state index contributed by atoms with van der Waals surface area (Å²) < 4.78 is 37.5. The average molecular weight is 513 g/mol. The van der Waals surface area contributed by atoms with Crippen LogP contribution in [0.1, 0.15) is 56.7 Å². The Labute approximate surface area is 210 Å². The van der Waals surface area contributed by atoms with Crippen molar-refractivity contribution in [1.29, 1.82) is 0 Å². The van der Waals surface area contributed by atoms with Crippen LogP contribution in [0.25, 0.3) is 22.1 Å². The molecule has 3 aromatic rings. The van der Waals surface area contributed by atoms with Crippen LogP contribution in [0, 0.1) is 0 Å². The van der Waals surface area contributed by atoms with E-state index in [0.717, 1.165) is 35.3 Å². The summed E-state index contributed by atoms with van der Waals surface area (Å²) in [4.78, 5) is 13.4. The number of sulfonamides is 1. The molecule has 192 valence electrons. The lowest BCUT2D eigenvalue weighted by Crippen LogP contribution is -2.46. The first-order valence-corrected chi connectivity index (χ1v) is 13.7. The maximum absolute atomic E-state index is 13.1. The molecule has 1 aromatic carbocycles. The predicted molar refractivity (Wildman–Crippen MR) is 139 cm³/mol. The third-order valence-electron chi connectivity index (χ3n) is 7.01. The van der Waals surface area contributed by atoms with Crippen molar-refractivity contribution in [3.05, 3.63) is 62.9 Å². The second kappa shape index (κ2) is 9.26. The van der Waals surface area contributed by atoms with E-state index < -0.39 is 15.6 Å². The van der Waals surface area contributed by atoms with Crippen molar-refractivity contribution in [2.45, 2.75) is 51.0 Å². The molecule has 1 aliphatic heterocycles. The van der Waals surface area contributed by atoms with Crippen LogP contribution in [0.5, 0.6) is 0 Å². The zero-order chi connectivity index (χ0) is 25.7. The summed E-state index contributed by atoms with van der Waals surface area (Å²) in [7, 11) is -2.01. The number of rotatable bonds is 6. The Morgan fingerprint density at radius 2 is 1.97 bits per heavy atom. The van der Waals surface area contributed by atoms with Crippen LogP contribution in [0.15, 0.2) is 46.1 Å². The maximum Gasteiger partial charge on any atom is 0.261 e. The number of benzene rings is 1. The minimum absolute atomic E-state index is 0.102. The molecule has 9 nitrogen and oxygen atoms in total. The molecule has 5 rings (SSSR count). The van der Waals surface area contributed by atoms with E-state index in [-0.39, 0.29) is 17.1 Å². The van der Waals surface area contributed by atoms with Crippen molar-refractivity contribution in [3.8, 4) is 0 Å². The molecule has 2 aliphatic rings. The fraction of sp³-hybridized carbons (Fsp3) is 0.462. The highest BCUT2D eigenvalue weighted by atomic mass is 32.2. The molecule has 0 spiro atoms. The van der Waals surface area contributed by atoms with Gasteiger partial charge < -0.3 is 9.84 Å². The Morgan fingerprint density at radius 3 is 2.69 bits per heavy atom. The van der Waals surface area contributed by atoms with Gasteiger partial charge in [-0.2, -0.15) is 5.10 Å². The van der Waals surface area contributed by atoms with Crippen molar-refractivity contribution in [1.82, 2.24) is 18.9 Å². The fourth-order valence-corrected chi connectivity index (χ4v) is 6.49. The van der Waals surface area contributed by atoms with Gasteiger partial charge >= 0.3 is 0 Å². The first-order chi connectivity index (χ1) is 17.1. The maximum atomic E-state index is 13.1. The first kappa shape index (κ1) is 24.9. The van der Waals surface area contributed by atoms with E-state index in [1.165, 1.54) is 0 Å². The van der Waals surface area contributed by atoms with Crippen molar-refractivity contribution in [2.24, 2.45) is 7.05 Å². The zero-order valence-electron chi connectivity index (χ0n) is 20.8. The van der Waals surface area contributed by atoms with Crippen LogP contribution in [-0.4, -0.2) is 53.1 Å². The number of fused-ring (bicyclic) bond motifs is 3. The summed E-state index contributed by atoms with van der Waals surface area (Å²) >= 11 is 0. The molecular formula is C26H32N4O5S. The van der Waals surface area contributed by atoms with Gasteiger partial charge in [0.2, 0.25) is 10.0 Å². The lowest BCUT2D eigenvalue weighted by atomic mass is 9.97. The smallest absolute Gasteiger partial charge is 0.261 e. The summed E-state index contributed by atoms with van der Waals surface area (Å²) in [6, 6.07) is 7.53. The highest BCUT2D eigenvalue weighted by Crippen LogP contribution is 2.31. The van der Waals surface area contributed by atoms with Gasteiger partial charge in [-0.25, -0.2) is 17.7 Å². The van der Waals surface area contributed by atoms with E-state index in [9.17, 15) is 18.3 Å². The SMILES string of the molecule is Cn1c(=O)c2ccc(C3=CCCC(S(=O)(=O)NC(C)(C)CO)=C3)cc2n2nc(C3CCOCC3)cc12. The molecule has 1 saturated heterocycles. The lowest BCUT2D eigenvalue weighted by Gasteiger charge is -2.25. The van der Waals surface area contributed by atoms with Gasteiger partial charge in [-0.05, 0) is 68.9 Å². The van der Waals surface area contributed by atoms with Crippen LogP contribution in [0.2, 0.25) is 0 Å². The number of aliphatic hydroxyl groups is 1. The highest BCUT2D eigenvalue weighted by molar-refractivity contribution is 7.93. The molecule has 0 saturated carbocycles. The highest BCUT2D eigenvalue weighted by Gasteiger charge is 2.28. The van der Waals surface area contributed by atoms with E-state index in [1.807, 2.05) is 28.8 Å². The van der Waals surface area contributed by atoms with Gasteiger partial charge in [0.15, 0.2) is 0 Å². The molecule has 3 heterocycles. The van der Waals surface area contributed by atoms with Crippen LogP contribution in [0.4, 0.5) is 0 Å². The van der Waals surface area contributed by atoms with Crippen molar-refractivity contribution in [3.63, 3.8) is 0 Å². The number of aromatic nitrogens is 3. The molecule has 2 N–H and O–H groups in total. The number of hydrogen-bond donors (Lipinski definition) is 2. The Bertz CT molecular complexity index is 1560. The fourth-order valence-electron chi connectivity index (χ4n) is 4.90. The molecule has 1 fully saturated rings. The number of aryl methyl sites for hydroxylation is 1. The molecule has 0 amide bonds. The van der Waals surface area contributed by atoms with Gasteiger partial charge in [-0.1, -0.05) is 12.1 Å². The molecule has 2 aromatic heterocycles. The number of ether oxygens (including phenoxy) is 1. The average Bonchev–Trinajstić information content (AvgIpc) is 3.33. The molecule has 10 heteroatoms. The van der Waals surface area contributed by atoms with Crippen molar-refractivity contribution >= 4 is 32.1 Å². The summed E-state index contributed by atoms with van der Waals surface area (Å²) in [5.41, 5.74) is 2.89. The number of nitrogens with one attached hydrogen (secondary N) is 1. The Morgan fingerprint density at radius 1 is 1.22 bits per heavy atom. The first-order valence-electron chi connectivity index (χ1n) is 12.3. The van der Waals surface area contributed by atoms with E-state index >= 15 is 0 Å². The largest absolute Gasteiger partial charge is 0.394 e. The van der Waals surface area contributed by atoms with Gasteiger partial charge in [0.25, 0.3) is 5.56 Å². The molecule has 0 radical (unpaired) electrons. The normalized spacial score (nSPS) is 18.0.